The van der Waals surface area contributed by atoms with Crippen molar-refractivity contribution in [2.24, 2.45) is 5.92 Å². The summed E-state index contributed by atoms with van der Waals surface area (Å²) in [7, 11) is 0. The first-order valence-electron chi connectivity index (χ1n) is 7.66. The van der Waals surface area contributed by atoms with Gasteiger partial charge in [0.1, 0.15) is 5.60 Å². The number of aryl methyl sites for hydroxylation is 1. The lowest BCUT2D eigenvalue weighted by molar-refractivity contribution is -0.156. The maximum absolute atomic E-state index is 12.0. The van der Waals surface area contributed by atoms with Gasteiger partial charge in [-0.25, -0.2) is 4.79 Å². The molecule has 0 spiro atoms. The van der Waals surface area contributed by atoms with Crippen molar-refractivity contribution in [3.8, 4) is 0 Å². The monoisotopic (exact) mass is 287 g/mol. The number of esters is 1. The predicted molar refractivity (Wildman–Crippen MR) is 86.0 cm³/mol. The highest BCUT2D eigenvalue weighted by atomic mass is 16.6. The number of carbonyl (C=O) groups is 1. The van der Waals surface area contributed by atoms with Gasteiger partial charge in [-0.3, -0.25) is 0 Å². The summed E-state index contributed by atoms with van der Waals surface area (Å²) in [6, 6.07) is 8.05. The quantitative estimate of drug-likeness (QED) is 0.682. The number of piperidine rings is 1. The highest BCUT2D eigenvalue weighted by Crippen LogP contribution is 2.29. The summed E-state index contributed by atoms with van der Waals surface area (Å²) in [4.78, 5) is 12.0. The van der Waals surface area contributed by atoms with Crippen LogP contribution in [0.2, 0.25) is 0 Å². The van der Waals surface area contributed by atoms with Crippen LogP contribution in [0.3, 0.4) is 0 Å². The summed E-state index contributed by atoms with van der Waals surface area (Å²) in [5.74, 6) is 0.162. The molecule has 1 aromatic rings. The SMILES string of the molecule is Cc1cccc(/C=C/C(=O)OC(C)(C)C2CCNCC2)c1. The number of ether oxygens (including phenoxy) is 1. The van der Waals surface area contributed by atoms with Gasteiger partial charge in [0, 0.05) is 12.0 Å². The van der Waals surface area contributed by atoms with Crippen molar-refractivity contribution in [2.75, 3.05) is 13.1 Å². The van der Waals surface area contributed by atoms with Crippen molar-refractivity contribution in [3.63, 3.8) is 0 Å². The minimum Gasteiger partial charge on any atom is -0.456 e. The number of rotatable bonds is 4. The Hall–Kier alpha value is -1.61. The average Bonchev–Trinajstić information content (AvgIpc) is 2.46. The van der Waals surface area contributed by atoms with Crippen molar-refractivity contribution in [1.29, 1.82) is 0 Å². The molecule has 114 valence electrons. The van der Waals surface area contributed by atoms with Crippen molar-refractivity contribution in [2.45, 2.75) is 39.2 Å². The lowest BCUT2D eigenvalue weighted by Crippen LogP contribution is -2.42. The van der Waals surface area contributed by atoms with Crippen molar-refractivity contribution in [1.82, 2.24) is 5.32 Å². The van der Waals surface area contributed by atoms with Crippen molar-refractivity contribution >= 4 is 12.0 Å². The molecule has 0 aliphatic carbocycles. The molecule has 1 aliphatic rings. The van der Waals surface area contributed by atoms with Crippen LogP contribution in [-0.4, -0.2) is 24.7 Å². The molecule has 3 heteroatoms. The number of carbonyl (C=O) groups excluding carboxylic acids is 1. The first-order valence-corrected chi connectivity index (χ1v) is 7.66. The zero-order chi connectivity index (χ0) is 15.3. The van der Waals surface area contributed by atoms with Crippen LogP contribution in [0, 0.1) is 12.8 Å². The molecule has 0 unspecified atom stereocenters. The molecular formula is C18H25NO2. The molecule has 2 rings (SSSR count). The molecule has 0 bridgehead atoms. The molecule has 1 aromatic carbocycles. The molecule has 0 atom stereocenters. The van der Waals surface area contributed by atoms with Gasteiger partial charge in [-0.15, -0.1) is 0 Å². The van der Waals surface area contributed by atoms with Gasteiger partial charge in [-0.1, -0.05) is 29.8 Å². The first kappa shape index (κ1) is 15.8. The lowest BCUT2D eigenvalue weighted by Gasteiger charge is -2.36. The third-order valence-corrected chi connectivity index (χ3v) is 4.14. The predicted octanol–water partition coefficient (Wildman–Crippen LogP) is 3.33. The standard InChI is InChI=1S/C18H25NO2/c1-14-5-4-6-15(13-14)7-8-17(20)21-18(2,3)16-9-11-19-12-10-16/h4-8,13,16,19H,9-12H2,1-3H3/b8-7+. The Morgan fingerprint density at radius 1 is 1.33 bits per heavy atom. The van der Waals surface area contributed by atoms with Gasteiger partial charge >= 0.3 is 5.97 Å². The Labute approximate surface area is 127 Å². The summed E-state index contributed by atoms with van der Waals surface area (Å²) >= 11 is 0. The van der Waals surface area contributed by atoms with Crippen LogP contribution in [0.1, 0.15) is 37.8 Å². The van der Waals surface area contributed by atoms with E-state index in [1.54, 1.807) is 0 Å². The van der Waals surface area contributed by atoms with Gasteiger partial charge in [-0.2, -0.15) is 0 Å². The fourth-order valence-corrected chi connectivity index (χ4v) is 2.83. The molecule has 21 heavy (non-hydrogen) atoms. The summed E-state index contributed by atoms with van der Waals surface area (Å²) in [5.41, 5.74) is 1.79. The zero-order valence-corrected chi connectivity index (χ0v) is 13.2. The normalized spacial score (nSPS) is 17.1. The van der Waals surface area contributed by atoms with Crippen LogP contribution < -0.4 is 5.32 Å². The third-order valence-electron chi connectivity index (χ3n) is 4.14. The highest BCUT2D eigenvalue weighted by molar-refractivity contribution is 5.87. The van der Waals surface area contributed by atoms with Gasteiger partial charge in [0.05, 0.1) is 0 Å². The molecule has 0 radical (unpaired) electrons. The fourth-order valence-electron chi connectivity index (χ4n) is 2.83. The topological polar surface area (TPSA) is 38.3 Å². The molecule has 1 fully saturated rings. The molecule has 1 N–H and O–H groups in total. The Kier molecular flexibility index (Phi) is 5.18. The van der Waals surface area contributed by atoms with E-state index in [9.17, 15) is 4.79 Å². The van der Waals surface area contributed by atoms with Crippen LogP contribution in [-0.2, 0) is 9.53 Å². The Bertz CT molecular complexity index is 514. The van der Waals surface area contributed by atoms with E-state index in [0.717, 1.165) is 31.5 Å². The van der Waals surface area contributed by atoms with E-state index in [1.165, 1.54) is 11.6 Å². The Morgan fingerprint density at radius 2 is 2.05 bits per heavy atom. The second-order valence-corrected chi connectivity index (χ2v) is 6.30. The minimum absolute atomic E-state index is 0.264. The highest BCUT2D eigenvalue weighted by Gasteiger charge is 2.33. The molecule has 0 saturated carbocycles. The average molecular weight is 287 g/mol. The van der Waals surface area contributed by atoms with E-state index in [4.69, 9.17) is 4.74 Å². The summed E-state index contributed by atoms with van der Waals surface area (Å²) < 4.78 is 5.68. The van der Waals surface area contributed by atoms with E-state index in [2.05, 4.69) is 5.32 Å². The van der Waals surface area contributed by atoms with Crippen LogP contribution in [0.4, 0.5) is 0 Å². The molecule has 1 aliphatic heterocycles. The maximum atomic E-state index is 12.0. The second-order valence-electron chi connectivity index (χ2n) is 6.30. The van der Waals surface area contributed by atoms with E-state index in [-0.39, 0.29) is 5.97 Å². The molecule has 1 heterocycles. The van der Waals surface area contributed by atoms with E-state index < -0.39 is 5.60 Å². The van der Waals surface area contributed by atoms with Gasteiger partial charge < -0.3 is 10.1 Å². The van der Waals surface area contributed by atoms with Crippen molar-refractivity contribution < 1.29 is 9.53 Å². The van der Waals surface area contributed by atoms with Crippen molar-refractivity contribution in [3.05, 3.63) is 41.5 Å². The summed E-state index contributed by atoms with van der Waals surface area (Å²) in [5, 5.41) is 3.34. The number of nitrogens with one attached hydrogen (secondary N) is 1. The summed E-state index contributed by atoms with van der Waals surface area (Å²) in [6.45, 7) is 8.08. The molecule has 1 saturated heterocycles. The van der Waals surface area contributed by atoms with E-state index >= 15 is 0 Å². The van der Waals surface area contributed by atoms with Crippen LogP contribution in [0.5, 0.6) is 0 Å². The first-order chi connectivity index (χ1) is 9.97. The Balaban J connectivity index is 1.94. The van der Waals surface area contributed by atoms with Gasteiger partial charge in [0.15, 0.2) is 0 Å². The van der Waals surface area contributed by atoms with Crippen LogP contribution in [0.15, 0.2) is 30.3 Å². The summed E-state index contributed by atoms with van der Waals surface area (Å²) in [6.07, 6.45) is 5.45. The largest absolute Gasteiger partial charge is 0.456 e. The minimum atomic E-state index is -0.407. The number of hydrogen-bond acceptors (Lipinski definition) is 3. The lowest BCUT2D eigenvalue weighted by atomic mass is 9.83. The zero-order valence-electron chi connectivity index (χ0n) is 13.2. The fraction of sp³-hybridized carbons (Fsp3) is 0.500. The van der Waals surface area contributed by atoms with Gasteiger partial charge in [0.25, 0.3) is 0 Å². The Morgan fingerprint density at radius 3 is 2.71 bits per heavy atom. The van der Waals surface area contributed by atoms with Gasteiger partial charge in [0.2, 0.25) is 0 Å². The second kappa shape index (κ2) is 6.90. The van der Waals surface area contributed by atoms with E-state index in [0.29, 0.717) is 5.92 Å². The van der Waals surface area contributed by atoms with Crippen LogP contribution >= 0.6 is 0 Å². The number of benzene rings is 1. The van der Waals surface area contributed by atoms with Gasteiger partial charge in [-0.05, 0) is 58.3 Å². The van der Waals surface area contributed by atoms with E-state index in [1.807, 2.05) is 51.1 Å². The molecule has 3 nitrogen and oxygen atoms in total. The molecule has 0 amide bonds. The maximum Gasteiger partial charge on any atom is 0.331 e. The third kappa shape index (κ3) is 4.71. The number of hydrogen-bond donors (Lipinski definition) is 1. The molecular weight excluding hydrogens is 262 g/mol. The smallest absolute Gasteiger partial charge is 0.331 e. The van der Waals surface area contributed by atoms with Crippen LogP contribution in [0.25, 0.3) is 6.08 Å². The molecule has 0 aromatic heterocycles.